The van der Waals surface area contributed by atoms with Gasteiger partial charge in [-0.05, 0) is 73.2 Å². The number of sulfonamides is 1. The van der Waals surface area contributed by atoms with Gasteiger partial charge >= 0.3 is 0 Å². The summed E-state index contributed by atoms with van der Waals surface area (Å²) in [6, 6.07) is 17.6. The fourth-order valence-corrected chi connectivity index (χ4v) is 4.39. The number of halogens is 2. The maximum atomic E-state index is 12.9. The zero-order chi connectivity index (χ0) is 21.2. The van der Waals surface area contributed by atoms with Gasteiger partial charge in [0.2, 0.25) is 0 Å². The summed E-state index contributed by atoms with van der Waals surface area (Å²) in [6.07, 6.45) is 0. The molecule has 0 spiro atoms. The number of nitrogens with zero attached hydrogens (tertiary/aromatic N) is 1. The summed E-state index contributed by atoms with van der Waals surface area (Å²) in [7, 11) is -2.29. The second kappa shape index (κ2) is 8.45. The zero-order valence-corrected chi connectivity index (χ0v) is 18.0. The molecule has 29 heavy (non-hydrogen) atoms. The Labute approximate surface area is 179 Å². The topological polar surface area (TPSA) is 66.5 Å². The maximum Gasteiger partial charge on any atom is 0.264 e. The van der Waals surface area contributed by atoms with Gasteiger partial charge in [-0.25, -0.2) is 8.42 Å². The minimum absolute atomic E-state index is 0.131. The van der Waals surface area contributed by atoms with Crippen molar-refractivity contribution in [3.05, 3.63) is 87.9 Å². The molecule has 1 N–H and O–H groups in total. The van der Waals surface area contributed by atoms with E-state index < -0.39 is 10.0 Å². The van der Waals surface area contributed by atoms with Crippen molar-refractivity contribution in [2.24, 2.45) is 0 Å². The van der Waals surface area contributed by atoms with Crippen molar-refractivity contribution in [1.82, 2.24) is 0 Å². The van der Waals surface area contributed by atoms with E-state index in [1.54, 1.807) is 49.4 Å². The molecule has 1 amide bonds. The van der Waals surface area contributed by atoms with Crippen LogP contribution in [0.5, 0.6) is 0 Å². The van der Waals surface area contributed by atoms with E-state index in [1.807, 2.05) is 0 Å². The first-order chi connectivity index (χ1) is 13.7. The van der Waals surface area contributed by atoms with Crippen molar-refractivity contribution in [1.29, 1.82) is 0 Å². The predicted molar refractivity (Wildman–Crippen MR) is 118 cm³/mol. The van der Waals surface area contributed by atoms with E-state index in [4.69, 9.17) is 23.2 Å². The van der Waals surface area contributed by atoms with Gasteiger partial charge in [-0.1, -0.05) is 29.3 Å². The molecule has 0 unspecified atom stereocenters. The van der Waals surface area contributed by atoms with Crippen molar-refractivity contribution in [3.8, 4) is 0 Å². The Kier molecular flexibility index (Phi) is 6.17. The van der Waals surface area contributed by atoms with Gasteiger partial charge in [-0.2, -0.15) is 0 Å². The van der Waals surface area contributed by atoms with Crippen molar-refractivity contribution >= 4 is 50.5 Å². The fraction of sp³-hybridized carbons (Fsp3) is 0.0952. The van der Waals surface area contributed by atoms with Crippen molar-refractivity contribution in [3.63, 3.8) is 0 Å². The monoisotopic (exact) mass is 448 g/mol. The van der Waals surface area contributed by atoms with Gasteiger partial charge in [-0.15, -0.1) is 0 Å². The van der Waals surface area contributed by atoms with Crippen LogP contribution in [0, 0.1) is 6.92 Å². The van der Waals surface area contributed by atoms with Crippen molar-refractivity contribution in [2.45, 2.75) is 11.8 Å². The Morgan fingerprint density at radius 2 is 1.62 bits per heavy atom. The van der Waals surface area contributed by atoms with Crippen LogP contribution in [0.4, 0.5) is 11.4 Å². The fourth-order valence-electron chi connectivity index (χ4n) is 2.81. The predicted octanol–water partition coefficient (Wildman–Crippen LogP) is 5.38. The zero-order valence-electron chi connectivity index (χ0n) is 15.7. The van der Waals surface area contributed by atoms with Crippen LogP contribution in [0.3, 0.4) is 0 Å². The third-order valence-electron chi connectivity index (χ3n) is 4.35. The normalized spacial score (nSPS) is 11.2. The first kappa shape index (κ1) is 21.2. The van der Waals surface area contributed by atoms with E-state index >= 15 is 0 Å². The average molecular weight is 449 g/mol. The lowest BCUT2D eigenvalue weighted by molar-refractivity contribution is 0.102. The number of aryl methyl sites for hydroxylation is 1. The van der Waals surface area contributed by atoms with E-state index in [1.165, 1.54) is 35.6 Å². The van der Waals surface area contributed by atoms with Crippen molar-refractivity contribution < 1.29 is 13.2 Å². The summed E-state index contributed by atoms with van der Waals surface area (Å²) < 4.78 is 26.9. The van der Waals surface area contributed by atoms with Crippen LogP contribution in [0.1, 0.15) is 15.9 Å². The van der Waals surface area contributed by atoms with Crippen LogP contribution in [-0.4, -0.2) is 21.4 Å². The quantitative estimate of drug-likeness (QED) is 0.569. The lowest BCUT2D eigenvalue weighted by Gasteiger charge is -2.22. The van der Waals surface area contributed by atoms with Crippen LogP contribution < -0.4 is 9.62 Å². The number of hydrogen-bond acceptors (Lipinski definition) is 3. The highest BCUT2D eigenvalue weighted by atomic mass is 35.5. The number of amides is 1. The number of carbonyl (C=O) groups is 1. The Bertz CT molecular complexity index is 1160. The molecule has 0 fully saturated rings. The Morgan fingerprint density at radius 3 is 2.24 bits per heavy atom. The molecule has 0 aliphatic heterocycles. The van der Waals surface area contributed by atoms with E-state index in [-0.39, 0.29) is 10.8 Å². The third kappa shape index (κ3) is 4.72. The third-order valence-corrected chi connectivity index (χ3v) is 6.63. The molecule has 5 nitrogen and oxygen atoms in total. The molecule has 0 aromatic heterocycles. The van der Waals surface area contributed by atoms with Crippen LogP contribution >= 0.6 is 23.2 Å². The minimum Gasteiger partial charge on any atom is -0.322 e. The number of anilines is 2. The molecule has 3 aromatic carbocycles. The second-order valence-corrected chi connectivity index (χ2v) is 9.23. The highest BCUT2D eigenvalue weighted by molar-refractivity contribution is 7.92. The first-order valence-electron chi connectivity index (χ1n) is 8.60. The molecule has 8 heteroatoms. The summed E-state index contributed by atoms with van der Waals surface area (Å²) in [5.41, 5.74) is 2.10. The molecule has 3 rings (SSSR count). The van der Waals surface area contributed by atoms with E-state index in [0.29, 0.717) is 32.5 Å². The molecule has 0 heterocycles. The van der Waals surface area contributed by atoms with Crippen LogP contribution in [0.2, 0.25) is 10.0 Å². The van der Waals surface area contributed by atoms with Gasteiger partial charge in [0.25, 0.3) is 15.9 Å². The van der Waals surface area contributed by atoms with Gasteiger partial charge in [0, 0.05) is 28.3 Å². The molecule has 0 bridgehead atoms. The number of nitrogens with one attached hydrogen (secondary N) is 1. The number of carbonyl (C=O) groups excluding carboxylic acids is 1. The molecule has 0 aliphatic carbocycles. The maximum absolute atomic E-state index is 12.9. The van der Waals surface area contributed by atoms with Crippen LogP contribution in [-0.2, 0) is 10.0 Å². The average Bonchev–Trinajstić information content (AvgIpc) is 2.67. The van der Waals surface area contributed by atoms with E-state index in [0.717, 1.165) is 0 Å². The molecular weight excluding hydrogens is 431 g/mol. The highest BCUT2D eigenvalue weighted by Gasteiger charge is 2.23. The molecule has 0 aliphatic rings. The summed E-state index contributed by atoms with van der Waals surface area (Å²) in [5, 5.41) is 3.74. The largest absolute Gasteiger partial charge is 0.322 e. The standard InChI is InChI=1S/C21H18Cl2N2O3S/c1-14-12-15(21(26)24-18-5-3-4-17(23)13-18)6-11-20(14)25(2)29(27,28)19-9-7-16(22)8-10-19/h3-13H,1-2H3,(H,24,26). The van der Waals surface area contributed by atoms with Crippen molar-refractivity contribution in [2.75, 3.05) is 16.7 Å². The van der Waals surface area contributed by atoms with Gasteiger partial charge < -0.3 is 5.32 Å². The van der Waals surface area contributed by atoms with Gasteiger partial charge in [0.15, 0.2) is 0 Å². The van der Waals surface area contributed by atoms with Gasteiger partial charge in [-0.3, -0.25) is 9.10 Å². The Morgan fingerprint density at radius 1 is 0.931 bits per heavy atom. The molecule has 0 atom stereocenters. The minimum atomic E-state index is -3.76. The van der Waals surface area contributed by atoms with E-state index in [2.05, 4.69) is 5.32 Å². The molecule has 3 aromatic rings. The smallest absolute Gasteiger partial charge is 0.264 e. The van der Waals surface area contributed by atoms with Crippen LogP contribution in [0.15, 0.2) is 71.6 Å². The number of hydrogen-bond donors (Lipinski definition) is 1. The molecular formula is C21H18Cl2N2O3S. The Balaban J connectivity index is 1.85. The van der Waals surface area contributed by atoms with Gasteiger partial charge in [0.1, 0.15) is 0 Å². The second-order valence-electron chi connectivity index (χ2n) is 6.39. The van der Waals surface area contributed by atoms with E-state index in [9.17, 15) is 13.2 Å². The van der Waals surface area contributed by atoms with Gasteiger partial charge in [0.05, 0.1) is 10.6 Å². The lowest BCUT2D eigenvalue weighted by Crippen LogP contribution is -2.27. The summed E-state index contributed by atoms with van der Waals surface area (Å²) in [4.78, 5) is 12.6. The SMILES string of the molecule is Cc1cc(C(=O)Nc2cccc(Cl)c2)ccc1N(C)S(=O)(=O)c1ccc(Cl)cc1. The molecule has 0 saturated heterocycles. The summed E-state index contributed by atoms with van der Waals surface area (Å²) in [5.74, 6) is -0.315. The number of rotatable bonds is 5. The first-order valence-corrected chi connectivity index (χ1v) is 10.8. The Hall–Kier alpha value is -2.54. The number of benzene rings is 3. The molecule has 0 radical (unpaired) electrons. The highest BCUT2D eigenvalue weighted by Crippen LogP contribution is 2.27. The van der Waals surface area contributed by atoms with Crippen LogP contribution in [0.25, 0.3) is 0 Å². The lowest BCUT2D eigenvalue weighted by atomic mass is 10.1. The summed E-state index contributed by atoms with van der Waals surface area (Å²) in [6.45, 7) is 1.75. The summed E-state index contributed by atoms with van der Waals surface area (Å²) >= 11 is 11.8. The molecule has 150 valence electrons. The molecule has 0 saturated carbocycles.